The van der Waals surface area contributed by atoms with E-state index >= 15 is 4.39 Å². The highest BCUT2D eigenvalue weighted by Crippen LogP contribution is 2.48. The van der Waals surface area contributed by atoms with Crippen molar-refractivity contribution in [1.29, 1.82) is 5.41 Å². The molecular weight excluding hydrogens is 459 g/mol. The molecule has 1 aliphatic heterocycles. The lowest BCUT2D eigenvalue weighted by Crippen LogP contribution is -2.68. The number of hydrogen-bond donors (Lipinski definition) is 3. The van der Waals surface area contributed by atoms with Crippen molar-refractivity contribution in [2.24, 2.45) is 5.92 Å². The molecule has 0 radical (unpaired) electrons. The molecule has 2 aromatic heterocycles. The molecular formula is C23H27FN6O3S. The second-order valence-electron chi connectivity index (χ2n) is 9.53. The third-order valence-electron chi connectivity index (χ3n) is 7.12. The summed E-state index contributed by atoms with van der Waals surface area (Å²) < 4.78 is 45.6. The number of anilines is 1. The molecule has 3 aliphatic rings. The molecule has 2 aliphatic carbocycles. The minimum absolute atomic E-state index is 0.0608. The van der Waals surface area contributed by atoms with Gasteiger partial charge in [-0.2, -0.15) is 0 Å². The summed E-state index contributed by atoms with van der Waals surface area (Å²) in [6, 6.07) is 1.36. The van der Waals surface area contributed by atoms with Crippen LogP contribution in [-0.4, -0.2) is 58.4 Å². The Kier molecular flexibility index (Phi) is 5.16. The highest BCUT2D eigenvalue weighted by molar-refractivity contribution is 7.93. The molecule has 5 rings (SSSR count). The first-order valence-electron chi connectivity index (χ1n) is 11.2. The molecule has 1 saturated heterocycles. The Morgan fingerprint density at radius 3 is 2.74 bits per heavy atom. The van der Waals surface area contributed by atoms with Crippen molar-refractivity contribution in [3.05, 3.63) is 42.0 Å². The lowest BCUT2D eigenvalue weighted by atomic mass is 9.85. The van der Waals surface area contributed by atoms with Gasteiger partial charge in [-0.15, -0.1) is 0 Å². The van der Waals surface area contributed by atoms with Gasteiger partial charge in [0.1, 0.15) is 21.9 Å². The van der Waals surface area contributed by atoms with E-state index < -0.39 is 26.0 Å². The molecule has 0 bridgehead atoms. The summed E-state index contributed by atoms with van der Waals surface area (Å²) in [7, 11) is -2.17. The van der Waals surface area contributed by atoms with Gasteiger partial charge in [0.15, 0.2) is 15.7 Å². The molecule has 9 nitrogen and oxygen atoms in total. The number of halogens is 1. The SMILES string of the molecule is COc1cnc2c(NC3C=C([C@]4(C)CS(=O)(=O)[C@@](C)(C5CC5)C(=N)N4)C(F)=CC3)nccc2n1. The number of fused-ring (bicyclic) bond motifs is 1. The van der Waals surface area contributed by atoms with Gasteiger partial charge in [0.2, 0.25) is 5.88 Å². The standard InChI is InChI=1S/C23H27FN6O3S/c1-22(12-34(31,32)23(2,13-4-5-13)21(25)30-22)15-10-14(6-7-16(15)24)28-20-19-17(8-9-26-20)29-18(33-3)11-27-19/h7-11,13-14H,4-6,12H2,1-3H3,(H2,25,30)(H,26,28)/t14?,22-,23-/m0/s1. The van der Waals surface area contributed by atoms with Crippen LogP contribution in [0.1, 0.15) is 33.1 Å². The summed E-state index contributed by atoms with van der Waals surface area (Å²) in [5, 5.41) is 14.9. The van der Waals surface area contributed by atoms with E-state index in [1.165, 1.54) is 19.4 Å². The molecule has 0 spiro atoms. The first-order chi connectivity index (χ1) is 16.1. The summed E-state index contributed by atoms with van der Waals surface area (Å²) in [4.78, 5) is 13.1. The van der Waals surface area contributed by atoms with Crippen molar-refractivity contribution >= 4 is 32.5 Å². The van der Waals surface area contributed by atoms with Crippen molar-refractivity contribution in [2.45, 2.75) is 49.4 Å². The number of aromatic nitrogens is 3. The third-order valence-corrected chi connectivity index (χ3v) is 9.90. The summed E-state index contributed by atoms with van der Waals surface area (Å²) in [5.41, 5.74) is 0.0959. The van der Waals surface area contributed by atoms with Gasteiger partial charge < -0.3 is 15.4 Å². The molecule has 34 heavy (non-hydrogen) atoms. The van der Waals surface area contributed by atoms with Crippen molar-refractivity contribution in [1.82, 2.24) is 20.3 Å². The van der Waals surface area contributed by atoms with Gasteiger partial charge in [0.25, 0.3) is 0 Å². The zero-order valence-electron chi connectivity index (χ0n) is 19.2. The largest absolute Gasteiger partial charge is 0.480 e. The fourth-order valence-corrected chi connectivity index (χ4v) is 7.30. The number of nitrogens with zero attached hydrogens (tertiary/aromatic N) is 3. The first kappa shape index (κ1) is 22.7. The molecule has 0 aromatic carbocycles. The maximum absolute atomic E-state index is 15.1. The monoisotopic (exact) mass is 486 g/mol. The number of ether oxygens (including phenoxy) is 1. The molecule has 3 atom stereocenters. The minimum atomic E-state index is -3.69. The molecule has 180 valence electrons. The molecule has 1 unspecified atom stereocenters. The number of rotatable bonds is 5. The Morgan fingerprint density at radius 2 is 2.06 bits per heavy atom. The second kappa shape index (κ2) is 7.72. The van der Waals surface area contributed by atoms with E-state index in [2.05, 4.69) is 25.6 Å². The topological polar surface area (TPSA) is 130 Å². The van der Waals surface area contributed by atoms with Gasteiger partial charge in [0, 0.05) is 11.8 Å². The summed E-state index contributed by atoms with van der Waals surface area (Å²) >= 11 is 0. The summed E-state index contributed by atoms with van der Waals surface area (Å²) in [5.74, 6) is -0.0316. The Hall–Kier alpha value is -3.08. The number of sulfone groups is 1. The average Bonchev–Trinajstić information content (AvgIpc) is 3.64. The highest BCUT2D eigenvalue weighted by Gasteiger charge is 2.60. The predicted octanol–water partition coefficient (Wildman–Crippen LogP) is 2.92. The predicted molar refractivity (Wildman–Crippen MR) is 127 cm³/mol. The van der Waals surface area contributed by atoms with Crippen LogP contribution in [0.2, 0.25) is 0 Å². The first-order valence-corrected chi connectivity index (χ1v) is 12.8. The molecule has 3 heterocycles. The molecule has 3 N–H and O–H groups in total. The van der Waals surface area contributed by atoms with Gasteiger partial charge in [-0.1, -0.05) is 6.08 Å². The number of nitrogens with one attached hydrogen (secondary N) is 3. The Labute approximate surface area is 197 Å². The second-order valence-corrected chi connectivity index (χ2v) is 11.9. The lowest BCUT2D eigenvalue weighted by molar-refractivity contribution is 0.397. The van der Waals surface area contributed by atoms with E-state index in [0.29, 0.717) is 29.2 Å². The molecule has 2 aromatic rings. The van der Waals surface area contributed by atoms with E-state index in [1.807, 2.05) is 0 Å². The smallest absolute Gasteiger partial charge is 0.232 e. The Bertz CT molecular complexity index is 1360. The Morgan fingerprint density at radius 1 is 1.29 bits per heavy atom. The van der Waals surface area contributed by atoms with E-state index in [9.17, 15) is 8.42 Å². The fourth-order valence-electron chi connectivity index (χ4n) is 4.90. The number of pyridine rings is 1. The van der Waals surface area contributed by atoms with Crippen molar-refractivity contribution in [3.8, 4) is 5.88 Å². The van der Waals surface area contributed by atoms with E-state index in [4.69, 9.17) is 10.1 Å². The maximum Gasteiger partial charge on any atom is 0.232 e. The van der Waals surface area contributed by atoms with Crippen LogP contribution in [0.25, 0.3) is 11.0 Å². The average molecular weight is 487 g/mol. The van der Waals surface area contributed by atoms with Crippen LogP contribution in [0.3, 0.4) is 0 Å². The Balaban J connectivity index is 1.46. The molecule has 1 saturated carbocycles. The third kappa shape index (κ3) is 3.53. The van der Waals surface area contributed by atoms with Crippen LogP contribution in [0, 0.1) is 11.3 Å². The van der Waals surface area contributed by atoms with Crippen molar-refractivity contribution < 1.29 is 17.5 Å². The van der Waals surface area contributed by atoms with Gasteiger partial charge >= 0.3 is 0 Å². The fraction of sp³-hybridized carbons (Fsp3) is 0.478. The van der Waals surface area contributed by atoms with Crippen molar-refractivity contribution in [2.75, 3.05) is 18.2 Å². The number of amidine groups is 1. The van der Waals surface area contributed by atoms with Gasteiger partial charge in [0.05, 0.1) is 36.2 Å². The van der Waals surface area contributed by atoms with Crippen LogP contribution < -0.4 is 15.4 Å². The van der Waals surface area contributed by atoms with Crippen LogP contribution in [0.15, 0.2) is 42.0 Å². The van der Waals surface area contributed by atoms with E-state index in [1.54, 1.807) is 32.2 Å². The summed E-state index contributed by atoms with van der Waals surface area (Å²) in [6.07, 6.45) is 8.12. The zero-order chi connectivity index (χ0) is 24.3. The highest BCUT2D eigenvalue weighted by atomic mass is 32.2. The normalized spacial score (nSPS) is 30.8. The minimum Gasteiger partial charge on any atom is -0.480 e. The lowest BCUT2D eigenvalue weighted by Gasteiger charge is -2.46. The van der Waals surface area contributed by atoms with Gasteiger partial charge in [-0.25, -0.2) is 27.8 Å². The van der Waals surface area contributed by atoms with Crippen LogP contribution in [-0.2, 0) is 9.84 Å². The van der Waals surface area contributed by atoms with E-state index in [-0.39, 0.29) is 29.1 Å². The van der Waals surface area contributed by atoms with Crippen LogP contribution >= 0.6 is 0 Å². The molecule has 0 amide bonds. The summed E-state index contributed by atoms with van der Waals surface area (Å²) in [6.45, 7) is 3.25. The quantitative estimate of drug-likeness (QED) is 0.588. The number of methoxy groups -OCH3 is 1. The van der Waals surface area contributed by atoms with Crippen LogP contribution in [0.4, 0.5) is 10.2 Å². The van der Waals surface area contributed by atoms with Gasteiger partial charge in [-0.05, 0) is 51.2 Å². The van der Waals surface area contributed by atoms with E-state index in [0.717, 1.165) is 12.8 Å². The van der Waals surface area contributed by atoms with Crippen molar-refractivity contribution in [3.63, 3.8) is 0 Å². The number of hydrogen-bond acceptors (Lipinski definition) is 8. The molecule has 11 heteroatoms. The zero-order valence-corrected chi connectivity index (χ0v) is 20.0. The van der Waals surface area contributed by atoms with Crippen LogP contribution in [0.5, 0.6) is 5.88 Å². The maximum atomic E-state index is 15.1. The molecule has 2 fully saturated rings. The van der Waals surface area contributed by atoms with Gasteiger partial charge in [-0.3, -0.25) is 5.41 Å².